The van der Waals surface area contributed by atoms with Gasteiger partial charge in [-0.25, -0.2) is 4.79 Å². The maximum atomic E-state index is 11.9. The van der Waals surface area contributed by atoms with E-state index < -0.39 is 12.1 Å². The molecule has 5 heteroatoms. The van der Waals surface area contributed by atoms with Gasteiger partial charge in [0.05, 0.1) is 11.1 Å². The van der Waals surface area contributed by atoms with Gasteiger partial charge in [-0.15, -0.1) is 0 Å². The minimum absolute atomic E-state index is 0.393. The molecule has 0 aliphatic carbocycles. The van der Waals surface area contributed by atoms with Gasteiger partial charge >= 0.3 is 6.09 Å². The first kappa shape index (κ1) is 19.3. The second-order valence-electron chi connectivity index (χ2n) is 5.90. The minimum Gasteiger partial charge on any atom is -0.456 e. The van der Waals surface area contributed by atoms with Crippen LogP contribution < -0.4 is 14.8 Å². The molecular weight excluding hydrogens is 374 g/mol. The van der Waals surface area contributed by atoms with E-state index in [1.165, 1.54) is 0 Å². The van der Waals surface area contributed by atoms with Crippen molar-refractivity contribution >= 4 is 17.7 Å². The van der Waals surface area contributed by atoms with Crippen molar-refractivity contribution in [2.24, 2.45) is 0 Å². The van der Waals surface area contributed by atoms with Crippen molar-refractivity contribution in [3.05, 3.63) is 89.4 Å². The van der Waals surface area contributed by atoms with Crippen LogP contribution in [0.5, 0.6) is 17.2 Å². The maximum absolute atomic E-state index is 11.9. The Kier molecular flexibility index (Phi) is 6.56. The third kappa shape index (κ3) is 5.80. The fourth-order valence-corrected chi connectivity index (χ4v) is 2.53. The van der Waals surface area contributed by atoms with E-state index >= 15 is 0 Å². The molecule has 0 aromatic heterocycles. The third-order valence-corrected chi connectivity index (χ3v) is 3.92. The van der Waals surface area contributed by atoms with Gasteiger partial charge in [0, 0.05) is 5.56 Å². The number of amides is 1. The van der Waals surface area contributed by atoms with Crippen LogP contribution >= 0.6 is 11.6 Å². The van der Waals surface area contributed by atoms with Crippen molar-refractivity contribution < 1.29 is 14.3 Å². The number of hydrogen-bond acceptors (Lipinski definition) is 3. The van der Waals surface area contributed by atoms with E-state index in [0.717, 1.165) is 5.56 Å². The van der Waals surface area contributed by atoms with Gasteiger partial charge in [-0.1, -0.05) is 59.8 Å². The summed E-state index contributed by atoms with van der Waals surface area (Å²) < 4.78 is 10.9. The highest BCUT2D eigenvalue weighted by molar-refractivity contribution is 6.32. The molecule has 1 unspecified atom stereocenters. The summed E-state index contributed by atoms with van der Waals surface area (Å²) in [5, 5.41) is 3.12. The topological polar surface area (TPSA) is 47.6 Å². The summed E-state index contributed by atoms with van der Waals surface area (Å²) in [6.07, 6.45) is -0.558. The first-order valence-electron chi connectivity index (χ1n) is 8.67. The van der Waals surface area contributed by atoms with Crippen LogP contribution in [0.2, 0.25) is 5.02 Å². The summed E-state index contributed by atoms with van der Waals surface area (Å²) >= 11 is 6.29. The summed E-state index contributed by atoms with van der Waals surface area (Å²) in [5.74, 6) is 7.67. The van der Waals surface area contributed by atoms with Gasteiger partial charge in [-0.3, -0.25) is 0 Å². The van der Waals surface area contributed by atoms with Crippen LogP contribution in [-0.4, -0.2) is 12.1 Å². The fraction of sp³-hybridized carbons (Fsp3) is 0.0870. The van der Waals surface area contributed by atoms with Gasteiger partial charge in [0.25, 0.3) is 0 Å². The summed E-state index contributed by atoms with van der Waals surface area (Å²) in [6.45, 7) is 1.77. The monoisotopic (exact) mass is 391 g/mol. The highest BCUT2D eigenvalue weighted by atomic mass is 35.5. The second-order valence-corrected chi connectivity index (χ2v) is 6.31. The minimum atomic E-state index is -0.558. The Bertz CT molecular complexity index is 995. The Morgan fingerprint density at radius 2 is 1.61 bits per heavy atom. The summed E-state index contributed by atoms with van der Waals surface area (Å²) in [7, 11) is 0. The molecule has 1 atom stereocenters. The molecule has 0 saturated heterocycles. The zero-order chi connectivity index (χ0) is 19.8. The molecule has 0 aliphatic heterocycles. The molecule has 140 valence electrons. The van der Waals surface area contributed by atoms with E-state index in [-0.39, 0.29) is 0 Å². The normalized spacial score (nSPS) is 10.9. The number of carbonyl (C=O) groups is 1. The molecule has 0 fully saturated rings. The van der Waals surface area contributed by atoms with Gasteiger partial charge in [0.2, 0.25) is 0 Å². The molecule has 0 aliphatic rings. The van der Waals surface area contributed by atoms with Crippen molar-refractivity contribution in [3.8, 4) is 29.1 Å². The third-order valence-electron chi connectivity index (χ3n) is 3.62. The number of halogens is 1. The molecule has 28 heavy (non-hydrogen) atoms. The van der Waals surface area contributed by atoms with Crippen LogP contribution in [0, 0.1) is 11.8 Å². The smallest absolute Gasteiger partial charge is 0.413 e. The van der Waals surface area contributed by atoms with Gasteiger partial charge in [-0.2, -0.15) is 0 Å². The predicted octanol–water partition coefficient (Wildman–Crippen LogP) is 5.66. The van der Waals surface area contributed by atoms with E-state index in [2.05, 4.69) is 17.2 Å². The first-order valence-corrected chi connectivity index (χ1v) is 9.05. The lowest BCUT2D eigenvalue weighted by atomic mass is 10.2. The molecule has 3 aromatic carbocycles. The lowest BCUT2D eigenvalue weighted by molar-refractivity contribution is 0.199. The quantitative estimate of drug-likeness (QED) is 0.583. The number of ether oxygens (including phenoxy) is 2. The van der Waals surface area contributed by atoms with Crippen LogP contribution in [0.4, 0.5) is 4.79 Å². The largest absolute Gasteiger partial charge is 0.456 e. The lowest BCUT2D eigenvalue weighted by Gasteiger charge is -2.09. The van der Waals surface area contributed by atoms with Crippen molar-refractivity contribution in [1.29, 1.82) is 0 Å². The summed E-state index contributed by atoms with van der Waals surface area (Å²) in [5.41, 5.74) is 0.718. The number of rotatable bonds is 4. The first-order chi connectivity index (χ1) is 13.6. The average molecular weight is 392 g/mol. The Morgan fingerprint density at radius 1 is 0.964 bits per heavy atom. The molecule has 1 N–H and O–H groups in total. The molecule has 0 bridgehead atoms. The molecule has 3 rings (SSSR count). The lowest BCUT2D eigenvalue weighted by Crippen LogP contribution is -2.33. The highest BCUT2D eigenvalue weighted by Gasteiger charge is 2.07. The standard InChI is InChI=1S/C23H18ClNO3/c1-17(25-23(26)28-20-10-6-3-7-11-20)12-13-18-14-15-22(21(24)16-18)27-19-8-4-2-5-9-19/h2-11,14-17H,1H3,(H,25,26). The Balaban J connectivity index is 1.58. The van der Waals surface area contributed by atoms with Crippen LogP contribution in [-0.2, 0) is 0 Å². The Labute approximate surface area is 169 Å². The van der Waals surface area contributed by atoms with E-state index in [1.54, 1.807) is 43.3 Å². The van der Waals surface area contributed by atoms with Crippen molar-refractivity contribution in [3.63, 3.8) is 0 Å². The van der Waals surface area contributed by atoms with Crippen molar-refractivity contribution in [2.75, 3.05) is 0 Å². The molecule has 0 saturated carbocycles. The molecule has 0 heterocycles. The molecule has 0 spiro atoms. The molecular formula is C23H18ClNO3. The molecule has 1 amide bonds. The fourth-order valence-electron chi connectivity index (χ4n) is 2.31. The van der Waals surface area contributed by atoms with Crippen LogP contribution in [0.1, 0.15) is 12.5 Å². The van der Waals surface area contributed by atoms with Gasteiger partial charge in [0.1, 0.15) is 17.2 Å². The number of hydrogen-bond donors (Lipinski definition) is 1. The van der Waals surface area contributed by atoms with E-state index in [9.17, 15) is 4.79 Å². The van der Waals surface area contributed by atoms with Gasteiger partial charge in [0.15, 0.2) is 0 Å². The van der Waals surface area contributed by atoms with Crippen LogP contribution in [0.3, 0.4) is 0 Å². The van der Waals surface area contributed by atoms with Gasteiger partial charge < -0.3 is 14.8 Å². The van der Waals surface area contributed by atoms with Crippen LogP contribution in [0.25, 0.3) is 0 Å². The van der Waals surface area contributed by atoms with E-state index in [0.29, 0.717) is 22.3 Å². The maximum Gasteiger partial charge on any atom is 0.413 e. The molecule has 4 nitrogen and oxygen atoms in total. The number of nitrogens with one attached hydrogen (secondary N) is 1. The summed E-state index contributed by atoms with van der Waals surface area (Å²) in [4.78, 5) is 11.9. The zero-order valence-corrected chi connectivity index (χ0v) is 15.9. The zero-order valence-electron chi connectivity index (χ0n) is 15.2. The van der Waals surface area contributed by atoms with E-state index in [4.69, 9.17) is 21.1 Å². The van der Waals surface area contributed by atoms with Crippen molar-refractivity contribution in [2.45, 2.75) is 13.0 Å². The predicted molar refractivity (Wildman–Crippen MR) is 110 cm³/mol. The van der Waals surface area contributed by atoms with Crippen LogP contribution in [0.15, 0.2) is 78.9 Å². The highest BCUT2D eigenvalue weighted by Crippen LogP contribution is 2.29. The van der Waals surface area contributed by atoms with Crippen molar-refractivity contribution in [1.82, 2.24) is 5.32 Å². The average Bonchev–Trinajstić information content (AvgIpc) is 2.70. The number of benzene rings is 3. The number of carbonyl (C=O) groups excluding carboxylic acids is 1. The SMILES string of the molecule is CC(C#Cc1ccc(Oc2ccccc2)c(Cl)c1)NC(=O)Oc1ccccc1. The van der Waals surface area contributed by atoms with Gasteiger partial charge in [-0.05, 0) is 49.4 Å². The Hall–Kier alpha value is -3.42. The molecule has 3 aromatic rings. The second kappa shape index (κ2) is 9.50. The number of para-hydroxylation sites is 2. The van der Waals surface area contributed by atoms with E-state index in [1.807, 2.05) is 42.5 Å². The summed E-state index contributed by atoms with van der Waals surface area (Å²) in [6, 6.07) is 23.1. The molecule has 0 radical (unpaired) electrons. The Morgan fingerprint density at radius 3 is 2.25 bits per heavy atom.